The molecule has 0 aromatic carbocycles. The summed E-state index contributed by atoms with van der Waals surface area (Å²) < 4.78 is 38.5. The highest BCUT2D eigenvalue weighted by Crippen LogP contribution is 2.31. The van der Waals surface area contributed by atoms with Crippen LogP contribution in [-0.2, 0) is 45.0 Å². The van der Waals surface area contributed by atoms with Crippen molar-refractivity contribution in [1.29, 1.82) is 0 Å². The first-order valence-electron chi connectivity index (χ1n) is 7.07. The van der Waals surface area contributed by atoms with E-state index in [2.05, 4.69) is 19.4 Å². The first-order chi connectivity index (χ1) is 11.3. The fourth-order valence-electron chi connectivity index (χ4n) is 2.24. The second kappa shape index (κ2) is 6.81. The molecule has 0 radical (unpaired) electrons. The number of carbonyl (C=O) groups is 2. The van der Waals surface area contributed by atoms with E-state index < -0.39 is 27.4 Å². The summed E-state index contributed by atoms with van der Waals surface area (Å²) in [5.74, 6) is -2.49. The van der Waals surface area contributed by atoms with Crippen LogP contribution in [0.4, 0.5) is 0 Å². The lowest BCUT2D eigenvalue weighted by Gasteiger charge is -2.25. The minimum Gasteiger partial charge on any atom is -0.466 e. The van der Waals surface area contributed by atoms with Gasteiger partial charge in [-0.1, -0.05) is 0 Å². The summed E-state index contributed by atoms with van der Waals surface area (Å²) in [5, 5.41) is -0.377. The number of nitrogens with zero attached hydrogens (tertiary/aromatic N) is 2. The molecule has 0 amide bonds. The van der Waals surface area contributed by atoms with Crippen molar-refractivity contribution in [2.45, 2.75) is 29.4 Å². The van der Waals surface area contributed by atoms with Crippen molar-refractivity contribution in [2.24, 2.45) is 0 Å². The van der Waals surface area contributed by atoms with E-state index in [1.54, 1.807) is 0 Å². The van der Waals surface area contributed by atoms with Crippen LogP contribution in [0.2, 0.25) is 0 Å². The van der Waals surface area contributed by atoms with Crippen molar-refractivity contribution in [2.75, 3.05) is 21.3 Å². The predicted octanol–water partition coefficient (Wildman–Crippen LogP) is -0.259. The number of carbonyl (C=O) groups excluding carboxylic acids is 2. The topological polar surface area (TPSA) is 122 Å². The number of aromatic nitrogens is 2. The third-order valence-electron chi connectivity index (χ3n) is 3.68. The number of ether oxygens (including phenoxy) is 3. The molecule has 0 aliphatic heterocycles. The van der Waals surface area contributed by atoms with Gasteiger partial charge in [0.1, 0.15) is 11.6 Å². The van der Waals surface area contributed by atoms with Crippen LogP contribution in [0, 0.1) is 0 Å². The van der Waals surface area contributed by atoms with E-state index in [4.69, 9.17) is 4.74 Å². The summed E-state index contributed by atoms with van der Waals surface area (Å²) in [6, 6.07) is 1.27. The van der Waals surface area contributed by atoms with E-state index in [0.29, 0.717) is 12.8 Å². The average molecular weight is 358 g/mol. The van der Waals surface area contributed by atoms with Gasteiger partial charge in [-0.2, -0.15) is 0 Å². The molecule has 0 atom stereocenters. The standard InChI is InChI=1S/C14H18N2O7S/c1-21-12(17)14(23-3,13(18)22-2)10-6-7-15-11(16-10)8-24(19,20)9-4-5-9/h6-7,9H,4-5,8H2,1-3H3. The molecule has 1 aliphatic carbocycles. The van der Waals surface area contributed by atoms with Crippen molar-refractivity contribution in [3.8, 4) is 0 Å². The van der Waals surface area contributed by atoms with E-state index in [9.17, 15) is 18.0 Å². The van der Waals surface area contributed by atoms with Gasteiger partial charge in [-0.25, -0.2) is 28.0 Å². The molecule has 132 valence electrons. The normalized spacial score (nSPS) is 15.0. The maximum absolute atomic E-state index is 12.2. The molecule has 0 bridgehead atoms. The summed E-state index contributed by atoms with van der Waals surface area (Å²) in [6.45, 7) is 0. The number of esters is 2. The zero-order chi connectivity index (χ0) is 18.0. The maximum Gasteiger partial charge on any atom is 0.356 e. The minimum absolute atomic E-state index is 0.0337. The Bertz CT molecular complexity index is 727. The van der Waals surface area contributed by atoms with Gasteiger partial charge in [0.25, 0.3) is 0 Å². The van der Waals surface area contributed by atoms with Crippen LogP contribution in [-0.4, -0.2) is 56.9 Å². The van der Waals surface area contributed by atoms with E-state index in [1.807, 2.05) is 0 Å². The lowest BCUT2D eigenvalue weighted by Crippen LogP contribution is -2.48. The molecule has 10 heteroatoms. The van der Waals surface area contributed by atoms with Gasteiger partial charge in [-0.15, -0.1) is 0 Å². The number of methoxy groups -OCH3 is 3. The second-order valence-corrected chi connectivity index (χ2v) is 7.51. The Balaban J connectivity index is 2.46. The fraction of sp³-hybridized carbons (Fsp3) is 0.571. The molecule has 0 spiro atoms. The Hall–Kier alpha value is -2.07. The van der Waals surface area contributed by atoms with E-state index in [0.717, 1.165) is 21.3 Å². The first-order valence-corrected chi connectivity index (χ1v) is 8.79. The smallest absolute Gasteiger partial charge is 0.356 e. The van der Waals surface area contributed by atoms with Crippen molar-refractivity contribution in [3.63, 3.8) is 0 Å². The zero-order valence-corrected chi connectivity index (χ0v) is 14.3. The van der Waals surface area contributed by atoms with Crippen molar-refractivity contribution < 1.29 is 32.2 Å². The average Bonchev–Trinajstić information content (AvgIpc) is 3.41. The SMILES string of the molecule is COC(=O)C(OC)(C(=O)OC)c1ccnc(CS(=O)(=O)C2CC2)n1. The van der Waals surface area contributed by atoms with Crippen LogP contribution in [0.25, 0.3) is 0 Å². The fourth-order valence-corrected chi connectivity index (χ4v) is 3.83. The van der Waals surface area contributed by atoms with Crippen LogP contribution >= 0.6 is 0 Å². The van der Waals surface area contributed by atoms with Gasteiger partial charge in [0, 0.05) is 13.3 Å². The maximum atomic E-state index is 12.2. The molecule has 1 saturated carbocycles. The Kier molecular flexibility index (Phi) is 5.19. The van der Waals surface area contributed by atoms with Crippen LogP contribution in [0.5, 0.6) is 0 Å². The minimum atomic E-state index is -3.36. The summed E-state index contributed by atoms with van der Waals surface area (Å²) in [5.41, 5.74) is -2.40. The molecule has 9 nitrogen and oxygen atoms in total. The van der Waals surface area contributed by atoms with E-state index in [-0.39, 0.29) is 22.5 Å². The highest BCUT2D eigenvalue weighted by molar-refractivity contribution is 7.91. The van der Waals surface area contributed by atoms with Gasteiger partial charge in [-0.05, 0) is 18.9 Å². The Labute approximate surface area is 139 Å². The number of hydrogen-bond donors (Lipinski definition) is 0. The van der Waals surface area contributed by atoms with Crippen molar-refractivity contribution in [3.05, 3.63) is 23.8 Å². The summed E-state index contributed by atoms with van der Waals surface area (Å²) in [4.78, 5) is 32.2. The largest absolute Gasteiger partial charge is 0.466 e. The molecule has 1 aromatic heterocycles. The quantitative estimate of drug-likeness (QED) is 0.479. The molecule has 1 aromatic rings. The van der Waals surface area contributed by atoms with Gasteiger partial charge < -0.3 is 14.2 Å². The molecule has 2 rings (SSSR count). The third kappa shape index (κ3) is 3.24. The summed E-state index contributed by atoms with van der Waals surface area (Å²) in [7, 11) is -0.0732. The molecular weight excluding hydrogens is 340 g/mol. The molecular formula is C14H18N2O7S. The Morgan fingerprint density at radius 3 is 2.25 bits per heavy atom. The van der Waals surface area contributed by atoms with E-state index >= 15 is 0 Å². The van der Waals surface area contributed by atoms with Gasteiger partial charge in [-0.3, -0.25) is 0 Å². The molecule has 24 heavy (non-hydrogen) atoms. The molecule has 0 N–H and O–H groups in total. The third-order valence-corrected chi connectivity index (χ3v) is 5.83. The lowest BCUT2D eigenvalue weighted by atomic mass is 9.99. The van der Waals surface area contributed by atoms with Crippen molar-refractivity contribution in [1.82, 2.24) is 9.97 Å². The van der Waals surface area contributed by atoms with Crippen LogP contribution in [0.15, 0.2) is 12.3 Å². The van der Waals surface area contributed by atoms with Crippen LogP contribution < -0.4 is 0 Å². The zero-order valence-electron chi connectivity index (χ0n) is 13.5. The van der Waals surface area contributed by atoms with Gasteiger partial charge in [0.15, 0.2) is 9.84 Å². The Morgan fingerprint density at radius 2 is 1.79 bits per heavy atom. The van der Waals surface area contributed by atoms with Crippen LogP contribution in [0.1, 0.15) is 24.4 Å². The summed E-state index contributed by atoms with van der Waals surface area (Å²) in [6.07, 6.45) is 2.49. The monoisotopic (exact) mass is 358 g/mol. The first kappa shape index (κ1) is 18.3. The van der Waals surface area contributed by atoms with Crippen LogP contribution in [0.3, 0.4) is 0 Å². The summed E-state index contributed by atoms with van der Waals surface area (Å²) >= 11 is 0. The molecule has 0 saturated heterocycles. The molecule has 1 aliphatic rings. The molecule has 1 heterocycles. The highest BCUT2D eigenvalue weighted by atomic mass is 32.2. The van der Waals surface area contributed by atoms with Gasteiger partial charge in [0.05, 0.1) is 25.2 Å². The number of sulfone groups is 1. The molecule has 1 fully saturated rings. The molecule has 0 unspecified atom stereocenters. The van der Waals surface area contributed by atoms with Gasteiger partial charge >= 0.3 is 17.5 Å². The Morgan fingerprint density at radius 1 is 1.21 bits per heavy atom. The number of rotatable bonds is 7. The number of hydrogen-bond acceptors (Lipinski definition) is 9. The van der Waals surface area contributed by atoms with E-state index in [1.165, 1.54) is 12.3 Å². The highest BCUT2D eigenvalue weighted by Gasteiger charge is 2.53. The second-order valence-electron chi connectivity index (χ2n) is 5.23. The predicted molar refractivity (Wildman–Crippen MR) is 80.4 cm³/mol. The lowest BCUT2D eigenvalue weighted by molar-refractivity contribution is -0.186. The van der Waals surface area contributed by atoms with Crippen molar-refractivity contribution >= 4 is 21.8 Å². The van der Waals surface area contributed by atoms with Gasteiger partial charge in [0.2, 0.25) is 0 Å².